The normalized spacial score (nSPS) is 12.5. The van der Waals surface area contributed by atoms with Crippen LogP contribution in [0.5, 0.6) is 0 Å². The van der Waals surface area contributed by atoms with E-state index in [4.69, 9.17) is 0 Å². The van der Waals surface area contributed by atoms with Crippen molar-refractivity contribution in [1.82, 2.24) is 0 Å². The summed E-state index contributed by atoms with van der Waals surface area (Å²) in [5.74, 6) is 0.441. The molecule has 0 saturated heterocycles. The molecular formula is C18H16. The largest absolute Gasteiger partial charge is 0.0622 e. The van der Waals surface area contributed by atoms with Gasteiger partial charge < -0.3 is 0 Å². The fraction of sp³-hybridized carbons (Fsp3) is 0.111. The zero-order chi connectivity index (χ0) is 12.4. The Kier molecular flexibility index (Phi) is 2.85. The fourth-order valence-electron chi connectivity index (χ4n) is 2.41. The summed E-state index contributed by atoms with van der Waals surface area (Å²) in [7, 11) is 0. The summed E-state index contributed by atoms with van der Waals surface area (Å²) >= 11 is 0. The second-order valence-corrected chi connectivity index (χ2v) is 4.74. The van der Waals surface area contributed by atoms with E-state index in [1.165, 1.54) is 21.9 Å². The molecule has 0 aromatic heterocycles. The maximum Gasteiger partial charge on any atom is 0.00612 e. The third-order valence-corrected chi connectivity index (χ3v) is 3.57. The molecule has 0 aliphatic heterocycles. The molecule has 0 heteroatoms. The molecule has 3 rings (SSSR count). The minimum atomic E-state index is 0.441. The Hall–Kier alpha value is -2.08. The molecule has 88 valence electrons. The SMILES string of the molecule is C[C@H](c1ccccc1)c1ccc2ccccc2c1. The highest BCUT2D eigenvalue weighted by Crippen LogP contribution is 2.26. The number of benzene rings is 3. The van der Waals surface area contributed by atoms with E-state index < -0.39 is 0 Å². The molecule has 0 radical (unpaired) electrons. The number of hydrogen-bond donors (Lipinski definition) is 0. The lowest BCUT2D eigenvalue weighted by Gasteiger charge is -2.13. The Bertz CT molecular complexity index is 653. The highest BCUT2D eigenvalue weighted by Gasteiger charge is 2.07. The maximum atomic E-state index is 2.30. The Balaban J connectivity index is 2.04. The Morgan fingerprint density at radius 2 is 1.28 bits per heavy atom. The monoisotopic (exact) mass is 232 g/mol. The maximum absolute atomic E-state index is 2.30. The lowest BCUT2D eigenvalue weighted by atomic mass is 9.92. The highest BCUT2D eigenvalue weighted by molar-refractivity contribution is 5.83. The van der Waals surface area contributed by atoms with Gasteiger partial charge in [0.15, 0.2) is 0 Å². The van der Waals surface area contributed by atoms with Crippen LogP contribution in [-0.4, -0.2) is 0 Å². The number of hydrogen-bond acceptors (Lipinski definition) is 0. The zero-order valence-electron chi connectivity index (χ0n) is 10.5. The Morgan fingerprint density at radius 3 is 2.06 bits per heavy atom. The molecule has 1 atom stereocenters. The van der Waals surface area contributed by atoms with Crippen LogP contribution in [0.25, 0.3) is 10.8 Å². The third kappa shape index (κ3) is 2.02. The van der Waals surface area contributed by atoms with Gasteiger partial charge >= 0.3 is 0 Å². The van der Waals surface area contributed by atoms with Crippen molar-refractivity contribution in [2.45, 2.75) is 12.8 Å². The van der Waals surface area contributed by atoms with Crippen molar-refractivity contribution in [3.05, 3.63) is 83.9 Å². The molecular weight excluding hydrogens is 216 g/mol. The summed E-state index contributed by atoms with van der Waals surface area (Å²) in [4.78, 5) is 0. The van der Waals surface area contributed by atoms with Crippen LogP contribution < -0.4 is 0 Å². The molecule has 0 fully saturated rings. The lowest BCUT2D eigenvalue weighted by molar-refractivity contribution is 0.925. The van der Waals surface area contributed by atoms with Gasteiger partial charge in [-0.15, -0.1) is 0 Å². The molecule has 0 bridgehead atoms. The van der Waals surface area contributed by atoms with Crippen LogP contribution >= 0.6 is 0 Å². The van der Waals surface area contributed by atoms with Crippen molar-refractivity contribution in [3.8, 4) is 0 Å². The van der Waals surface area contributed by atoms with E-state index >= 15 is 0 Å². The minimum Gasteiger partial charge on any atom is -0.0622 e. The molecule has 0 aliphatic carbocycles. The average Bonchev–Trinajstić information content (AvgIpc) is 2.47. The quantitative estimate of drug-likeness (QED) is 0.583. The van der Waals surface area contributed by atoms with Crippen molar-refractivity contribution in [3.63, 3.8) is 0 Å². The molecule has 0 saturated carbocycles. The van der Waals surface area contributed by atoms with Crippen molar-refractivity contribution < 1.29 is 0 Å². The van der Waals surface area contributed by atoms with Gasteiger partial charge in [-0.05, 0) is 21.9 Å². The number of rotatable bonds is 2. The second kappa shape index (κ2) is 4.66. The van der Waals surface area contributed by atoms with E-state index in [9.17, 15) is 0 Å². The van der Waals surface area contributed by atoms with Crippen molar-refractivity contribution in [2.75, 3.05) is 0 Å². The summed E-state index contributed by atoms with van der Waals surface area (Å²) in [6.07, 6.45) is 0. The lowest BCUT2D eigenvalue weighted by Crippen LogP contribution is -1.95. The van der Waals surface area contributed by atoms with Gasteiger partial charge in [0.05, 0.1) is 0 Å². The molecule has 0 aliphatic rings. The van der Waals surface area contributed by atoms with E-state index in [-0.39, 0.29) is 0 Å². The van der Waals surface area contributed by atoms with Crippen LogP contribution in [0.1, 0.15) is 24.0 Å². The summed E-state index contributed by atoms with van der Waals surface area (Å²) in [5, 5.41) is 2.62. The average molecular weight is 232 g/mol. The van der Waals surface area contributed by atoms with Crippen LogP contribution in [0.4, 0.5) is 0 Å². The van der Waals surface area contributed by atoms with Crippen molar-refractivity contribution >= 4 is 10.8 Å². The molecule has 0 spiro atoms. The van der Waals surface area contributed by atoms with E-state index in [2.05, 4.69) is 79.7 Å². The van der Waals surface area contributed by atoms with Crippen molar-refractivity contribution in [1.29, 1.82) is 0 Å². The van der Waals surface area contributed by atoms with Gasteiger partial charge in [0.25, 0.3) is 0 Å². The molecule has 0 amide bonds. The van der Waals surface area contributed by atoms with Crippen LogP contribution in [0.2, 0.25) is 0 Å². The standard InChI is InChI=1S/C18H16/c1-14(15-7-3-2-4-8-15)17-12-11-16-9-5-6-10-18(16)13-17/h2-14H,1H3/t14-/m1/s1. The highest BCUT2D eigenvalue weighted by atomic mass is 14.1. The first-order valence-electron chi connectivity index (χ1n) is 6.38. The molecule has 3 aromatic rings. The van der Waals surface area contributed by atoms with Gasteiger partial charge in [-0.25, -0.2) is 0 Å². The van der Waals surface area contributed by atoms with E-state index in [1.807, 2.05) is 0 Å². The van der Waals surface area contributed by atoms with E-state index in [0.717, 1.165) is 0 Å². The van der Waals surface area contributed by atoms with Crippen LogP contribution in [-0.2, 0) is 0 Å². The summed E-state index contributed by atoms with van der Waals surface area (Å²) in [5.41, 5.74) is 2.74. The summed E-state index contributed by atoms with van der Waals surface area (Å²) in [6.45, 7) is 2.26. The topological polar surface area (TPSA) is 0 Å². The van der Waals surface area contributed by atoms with Crippen LogP contribution in [0.3, 0.4) is 0 Å². The van der Waals surface area contributed by atoms with Gasteiger partial charge in [-0.3, -0.25) is 0 Å². The predicted octanol–water partition coefficient (Wildman–Crippen LogP) is 4.99. The first-order valence-corrected chi connectivity index (χ1v) is 6.38. The molecule has 3 aromatic carbocycles. The molecule has 0 N–H and O–H groups in total. The molecule has 0 unspecified atom stereocenters. The fourth-order valence-corrected chi connectivity index (χ4v) is 2.41. The van der Waals surface area contributed by atoms with Gasteiger partial charge in [0, 0.05) is 5.92 Å². The Morgan fingerprint density at radius 1 is 0.611 bits per heavy atom. The first-order chi connectivity index (χ1) is 8.84. The van der Waals surface area contributed by atoms with Gasteiger partial charge in [0.1, 0.15) is 0 Å². The molecule has 18 heavy (non-hydrogen) atoms. The summed E-state index contributed by atoms with van der Waals surface area (Å²) < 4.78 is 0. The first kappa shape index (κ1) is 11.0. The smallest absolute Gasteiger partial charge is 0.00612 e. The third-order valence-electron chi connectivity index (χ3n) is 3.57. The second-order valence-electron chi connectivity index (χ2n) is 4.74. The molecule has 0 heterocycles. The van der Waals surface area contributed by atoms with Gasteiger partial charge in [0.2, 0.25) is 0 Å². The zero-order valence-corrected chi connectivity index (χ0v) is 10.5. The van der Waals surface area contributed by atoms with E-state index in [1.54, 1.807) is 0 Å². The summed E-state index contributed by atoms with van der Waals surface area (Å²) in [6, 6.07) is 25.9. The van der Waals surface area contributed by atoms with E-state index in [0.29, 0.717) is 5.92 Å². The minimum absolute atomic E-state index is 0.441. The number of fused-ring (bicyclic) bond motifs is 1. The molecule has 0 nitrogen and oxygen atoms in total. The van der Waals surface area contributed by atoms with Gasteiger partial charge in [-0.2, -0.15) is 0 Å². The van der Waals surface area contributed by atoms with Crippen LogP contribution in [0, 0.1) is 0 Å². The van der Waals surface area contributed by atoms with Crippen molar-refractivity contribution in [2.24, 2.45) is 0 Å². The van der Waals surface area contributed by atoms with Crippen LogP contribution in [0.15, 0.2) is 72.8 Å². The Labute approximate surface area is 108 Å². The van der Waals surface area contributed by atoms with Gasteiger partial charge in [-0.1, -0.05) is 79.7 Å². The predicted molar refractivity (Wildman–Crippen MR) is 77.9 cm³/mol.